The molecule has 0 aliphatic rings. The van der Waals surface area contributed by atoms with Crippen molar-refractivity contribution in [2.75, 3.05) is 0 Å². The van der Waals surface area contributed by atoms with Crippen LogP contribution in [0.4, 0.5) is 13.2 Å². The van der Waals surface area contributed by atoms with Crippen molar-refractivity contribution in [2.24, 2.45) is 0 Å². The number of halogens is 4. The van der Waals surface area contributed by atoms with E-state index in [1.165, 1.54) is 0 Å². The van der Waals surface area contributed by atoms with Crippen LogP contribution >= 0.6 is 11.6 Å². The molecular weight excluding hydrogens is 128 g/mol. The molecule has 0 N–H and O–H groups in total. The molecule has 0 heterocycles. The second kappa shape index (κ2) is 2.91. The number of alkyl halides is 2. The van der Waals surface area contributed by atoms with Gasteiger partial charge in [0.2, 0.25) is 0 Å². The van der Waals surface area contributed by atoms with E-state index in [0.29, 0.717) is 0 Å². The zero-order valence-corrected chi connectivity index (χ0v) is 3.92. The normalized spacial score (nSPS) is 13.0. The number of rotatable bonds is 1. The summed E-state index contributed by atoms with van der Waals surface area (Å²) in [5, 5.41) is -1.06. The molecule has 0 aromatic rings. The van der Waals surface area contributed by atoms with Gasteiger partial charge in [-0.15, -0.1) is 0 Å². The van der Waals surface area contributed by atoms with Crippen LogP contribution in [0.3, 0.4) is 0 Å². The van der Waals surface area contributed by atoms with Crippen molar-refractivity contribution in [3.8, 4) is 0 Å². The maximum Gasteiger partial charge on any atom is 0.276 e. The van der Waals surface area contributed by atoms with E-state index in [-0.39, 0.29) is 6.33 Å². The Labute approximate surface area is 43.6 Å². The highest BCUT2D eigenvalue weighted by Crippen LogP contribution is 2.11. The Morgan fingerprint density at radius 1 is 1.57 bits per heavy atom. The van der Waals surface area contributed by atoms with Gasteiger partial charge in [0.1, 0.15) is 11.4 Å². The molecule has 0 bridgehead atoms. The van der Waals surface area contributed by atoms with Crippen LogP contribution in [0.2, 0.25) is 0 Å². The van der Waals surface area contributed by atoms with Crippen LogP contribution in [0, 0.1) is 0 Å². The first kappa shape index (κ1) is 6.82. The van der Waals surface area contributed by atoms with Crippen LogP contribution in [0.15, 0.2) is 11.4 Å². The summed E-state index contributed by atoms with van der Waals surface area (Å²) in [5.41, 5.74) is 0. The van der Waals surface area contributed by atoms with Crippen LogP contribution in [0.5, 0.6) is 0 Å². The zero-order chi connectivity index (χ0) is 5.86. The van der Waals surface area contributed by atoms with Gasteiger partial charge in [0.05, 0.1) is 0 Å². The molecule has 4 heteroatoms. The highest BCUT2D eigenvalue weighted by Gasteiger charge is 2.05. The van der Waals surface area contributed by atoms with E-state index >= 15 is 0 Å². The molecule has 0 spiro atoms. The van der Waals surface area contributed by atoms with Gasteiger partial charge in [0.25, 0.3) is 6.43 Å². The highest BCUT2D eigenvalue weighted by atomic mass is 35.5. The Balaban J connectivity index is 3.56. The minimum atomic E-state index is -2.88. The molecule has 0 radical (unpaired) electrons. The molecule has 0 fully saturated rings. The third-order valence-electron chi connectivity index (χ3n) is 0.313. The van der Waals surface area contributed by atoms with Crippen LogP contribution in [0.1, 0.15) is 0 Å². The van der Waals surface area contributed by atoms with Gasteiger partial charge in [-0.3, -0.25) is 0 Å². The molecule has 0 nitrogen and oxygen atoms in total. The summed E-state index contributed by atoms with van der Waals surface area (Å²) in [5.74, 6) is 0. The van der Waals surface area contributed by atoms with E-state index < -0.39 is 11.5 Å². The van der Waals surface area contributed by atoms with Gasteiger partial charge < -0.3 is 0 Å². The fourth-order valence-corrected chi connectivity index (χ4v) is 0.0476. The van der Waals surface area contributed by atoms with E-state index in [9.17, 15) is 13.2 Å². The lowest BCUT2D eigenvalue weighted by Crippen LogP contribution is -1.85. The first-order valence-electron chi connectivity index (χ1n) is 1.42. The molecule has 0 rings (SSSR count). The molecule has 0 unspecified atom stereocenters. The SMILES string of the molecule is F/C=C(/Cl)C(F)F. The predicted molar refractivity (Wildman–Crippen MR) is 21.0 cm³/mol. The molecule has 0 atom stereocenters. The Kier molecular flexibility index (Phi) is 2.83. The largest absolute Gasteiger partial charge is 0.276 e. The summed E-state index contributed by atoms with van der Waals surface area (Å²) < 4.78 is 32.8. The van der Waals surface area contributed by atoms with Crippen LogP contribution in [-0.2, 0) is 0 Å². The third kappa shape index (κ3) is 2.51. The van der Waals surface area contributed by atoms with Crippen molar-refractivity contribution >= 4 is 11.6 Å². The first-order valence-corrected chi connectivity index (χ1v) is 1.80. The van der Waals surface area contributed by atoms with Crippen LogP contribution in [-0.4, -0.2) is 6.43 Å². The monoisotopic (exact) mass is 130 g/mol. The van der Waals surface area contributed by atoms with Gasteiger partial charge in [0.15, 0.2) is 0 Å². The predicted octanol–water partition coefficient (Wildman–Crippen LogP) is 2.30. The van der Waals surface area contributed by atoms with Crippen LogP contribution < -0.4 is 0 Å². The first-order chi connectivity index (χ1) is 3.18. The van der Waals surface area contributed by atoms with Crippen molar-refractivity contribution in [2.45, 2.75) is 6.43 Å². The van der Waals surface area contributed by atoms with Gasteiger partial charge >= 0.3 is 0 Å². The van der Waals surface area contributed by atoms with Crippen LogP contribution in [0.25, 0.3) is 0 Å². The smallest absolute Gasteiger partial charge is 0.214 e. The van der Waals surface area contributed by atoms with Crippen molar-refractivity contribution < 1.29 is 13.2 Å². The van der Waals surface area contributed by atoms with Crippen molar-refractivity contribution in [1.29, 1.82) is 0 Å². The zero-order valence-electron chi connectivity index (χ0n) is 3.17. The fraction of sp³-hybridized carbons (Fsp3) is 0.333. The standard InChI is InChI=1S/C3H2ClF3/c4-2(1-5)3(6)7/h1,3H/b2-1+. The molecule has 0 saturated carbocycles. The second-order valence-corrected chi connectivity index (χ2v) is 1.23. The molecule has 0 saturated heterocycles. The Bertz CT molecular complexity index is 78.2. The Morgan fingerprint density at radius 2 is 2.00 bits per heavy atom. The van der Waals surface area contributed by atoms with E-state index in [4.69, 9.17) is 0 Å². The summed E-state index contributed by atoms with van der Waals surface area (Å²) in [6, 6.07) is 0. The molecule has 0 amide bonds. The van der Waals surface area contributed by atoms with E-state index in [1.54, 1.807) is 0 Å². The fourth-order valence-electron chi connectivity index (χ4n) is 0.0476. The number of allylic oxidation sites excluding steroid dienone is 1. The molecule has 0 aromatic heterocycles. The molecule has 0 aliphatic heterocycles. The lowest BCUT2D eigenvalue weighted by molar-refractivity contribution is 0.197. The summed E-state index contributed by atoms with van der Waals surface area (Å²) in [4.78, 5) is 0. The summed E-state index contributed by atoms with van der Waals surface area (Å²) in [6.45, 7) is 0. The summed E-state index contributed by atoms with van der Waals surface area (Å²) in [7, 11) is 0. The third-order valence-corrected chi connectivity index (χ3v) is 0.560. The quantitative estimate of drug-likeness (QED) is 0.511. The van der Waals surface area contributed by atoms with E-state index in [0.717, 1.165) is 0 Å². The lowest BCUT2D eigenvalue weighted by Gasteiger charge is -1.87. The average Bonchev–Trinajstić information content (AvgIpc) is 1.65. The Hall–Kier alpha value is -0.180. The van der Waals surface area contributed by atoms with Gasteiger partial charge in [0, 0.05) is 0 Å². The summed E-state index contributed by atoms with van der Waals surface area (Å²) >= 11 is 4.54. The lowest BCUT2D eigenvalue weighted by atomic mass is 10.7. The van der Waals surface area contributed by atoms with Crippen molar-refractivity contribution in [3.05, 3.63) is 11.4 Å². The minimum Gasteiger partial charge on any atom is -0.214 e. The van der Waals surface area contributed by atoms with Gasteiger partial charge in [-0.1, -0.05) is 11.6 Å². The van der Waals surface area contributed by atoms with E-state index in [2.05, 4.69) is 11.6 Å². The topological polar surface area (TPSA) is 0 Å². The van der Waals surface area contributed by atoms with Crippen molar-refractivity contribution in [1.82, 2.24) is 0 Å². The number of hydrogen-bond acceptors (Lipinski definition) is 0. The van der Waals surface area contributed by atoms with Gasteiger partial charge in [-0.05, 0) is 0 Å². The minimum absolute atomic E-state index is 0.327. The van der Waals surface area contributed by atoms with E-state index in [1.807, 2.05) is 0 Å². The van der Waals surface area contributed by atoms with Gasteiger partial charge in [-0.25, -0.2) is 13.2 Å². The Morgan fingerprint density at radius 3 is 2.00 bits per heavy atom. The second-order valence-electron chi connectivity index (χ2n) is 0.795. The number of hydrogen-bond donors (Lipinski definition) is 0. The highest BCUT2D eigenvalue weighted by molar-refractivity contribution is 6.29. The van der Waals surface area contributed by atoms with Gasteiger partial charge in [-0.2, -0.15) is 0 Å². The maximum absolute atomic E-state index is 11.0. The summed E-state index contributed by atoms with van der Waals surface area (Å²) in [6.07, 6.45) is -3.21. The molecule has 42 valence electrons. The average molecular weight is 130 g/mol. The maximum atomic E-state index is 11.0. The van der Waals surface area contributed by atoms with Crippen molar-refractivity contribution in [3.63, 3.8) is 0 Å². The molecule has 0 aromatic carbocycles. The molecular formula is C3H2ClF3. The molecule has 7 heavy (non-hydrogen) atoms. The molecule has 0 aliphatic carbocycles.